The Labute approximate surface area is 64.1 Å². The molecule has 0 saturated carbocycles. The molecule has 0 aliphatic rings. The molecule has 0 saturated heterocycles. The minimum Gasteiger partial charge on any atom is -0.408 e. The fourth-order valence-electron chi connectivity index (χ4n) is 0.610. The molecule has 1 aromatic heterocycles. The summed E-state index contributed by atoms with van der Waals surface area (Å²) in [5, 5.41) is 10.2. The van der Waals surface area contributed by atoms with E-state index < -0.39 is 0 Å². The van der Waals surface area contributed by atoms with Gasteiger partial charge in [0, 0.05) is 20.0 Å². The minimum atomic E-state index is 0.428. The first-order valence-electron chi connectivity index (χ1n) is 3.30. The smallest absolute Gasteiger partial charge is 0.315 e. The van der Waals surface area contributed by atoms with E-state index in [2.05, 4.69) is 20.9 Å². The number of nitrogens with two attached hydrogens (primary N) is 1. The van der Waals surface area contributed by atoms with Crippen LogP contribution >= 0.6 is 0 Å². The number of nitrogens with one attached hydrogen (secondary N) is 2. The Morgan fingerprint density at radius 1 is 1.45 bits per heavy atom. The second-order valence-corrected chi connectivity index (χ2v) is 2.01. The monoisotopic (exact) mass is 157 g/mol. The topological polar surface area (TPSA) is 89.0 Å². The number of hydrogen-bond acceptors (Lipinski definition) is 6. The fraction of sp³-hybridized carbons (Fsp3) is 0.600. The molecule has 1 aromatic rings. The Kier molecular flexibility index (Phi) is 2.82. The average molecular weight is 157 g/mol. The summed E-state index contributed by atoms with van der Waals surface area (Å²) in [5.74, 6) is 5.59. The fourth-order valence-corrected chi connectivity index (χ4v) is 0.610. The molecule has 0 aliphatic heterocycles. The van der Waals surface area contributed by atoms with Gasteiger partial charge in [0.05, 0.1) is 0 Å². The number of aromatic nitrogens is 2. The minimum absolute atomic E-state index is 0.428. The highest BCUT2D eigenvalue weighted by Gasteiger charge is 1.98. The zero-order valence-corrected chi connectivity index (χ0v) is 6.29. The molecule has 0 aliphatic carbocycles. The van der Waals surface area contributed by atoms with Crippen molar-refractivity contribution in [2.24, 2.45) is 5.84 Å². The van der Waals surface area contributed by atoms with E-state index in [9.17, 15) is 0 Å². The lowest BCUT2D eigenvalue weighted by Gasteiger charge is -1.97. The first-order chi connectivity index (χ1) is 5.33. The summed E-state index contributed by atoms with van der Waals surface area (Å²) >= 11 is 0. The zero-order chi connectivity index (χ0) is 8.10. The van der Waals surface area contributed by atoms with E-state index in [1.54, 1.807) is 6.92 Å². The van der Waals surface area contributed by atoms with Crippen LogP contribution in [0.1, 0.15) is 5.89 Å². The molecular weight excluding hydrogens is 146 g/mol. The first kappa shape index (κ1) is 7.96. The van der Waals surface area contributed by atoms with Gasteiger partial charge in [-0.3, -0.25) is 11.3 Å². The molecule has 0 unspecified atom stereocenters. The third-order valence-electron chi connectivity index (χ3n) is 1.07. The average Bonchev–Trinajstić information content (AvgIpc) is 2.37. The lowest BCUT2D eigenvalue weighted by Crippen LogP contribution is -2.28. The van der Waals surface area contributed by atoms with Crippen LogP contribution in [0.4, 0.5) is 6.01 Å². The molecule has 11 heavy (non-hydrogen) atoms. The number of rotatable bonds is 4. The maximum Gasteiger partial charge on any atom is 0.315 e. The van der Waals surface area contributed by atoms with Crippen LogP contribution in [-0.2, 0) is 0 Å². The van der Waals surface area contributed by atoms with Crippen molar-refractivity contribution in [1.29, 1.82) is 0 Å². The second kappa shape index (κ2) is 3.89. The Bertz CT molecular complexity index is 210. The molecule has 0 bridgehead atoms. The van der Waals surface area contributed by atoms with Gasteiger partial charge in [0.15, 0.2) is 0 Å². The van der Waals surface area contributed by atoms with Crippen molar-refractivity contribution >= 4 is 6.01 Å². The van der Waals surface area contributed by atoms with Gasteiger partial charge in [-0.1, -0.05) is 5.10 Å². The molecule has 0 atom stereocenters. The van der Waals surface area contributed by atoms with Crippen LogP contribution in [0.3, 0.4) is 0 Å². The van der Waals surface area contributed by atoms with Crippen LogP contribution in [0, 0.1) is 6.92 Å². The molecule has 0 amide bonds. The quantitative estimate of drug-likeness (QED) is 0.303. The summed E-state index contributed by atoms with van der Waals surface area (Å²) in [5.41, 5.74) is 2.49. The van der Waals surface area contributed by atoms with Crippen molar-refractivity contribution in [3.05, 3.63) is 5.89 Å². The highest BCUT2D eigenvalue weighted by Crippen LogP contribution is 2.01. The van der Waals surface area contributed by atoms with Crippen molar-refractivity contribution in [3.8, 4) is 0 Å². The Balaban J connectivity index is 2.27. The van der Waals surface area contributed by atoms with Gasteiger partial charge >= 0.3 is 6.01 Å². The van der Waals surface area contributed by atoms with E-state index >= 15 is 0 Å². The molecule has 62 valence electrons. The summed E-state index contributed by atoms with van der Waals surface area (Å²) in [6.45, 7) is 3.05. The summed E-state index contributed by atoms with van der Waals surface area (Å²) in [6, 6.07) is 0.428. The SMILES string of the molecule is Cc1nnc(NCCNN)o1. The van der Waals surface area contributed by atoms with Crippen LogP contribution in [0.15, 0.2) is 4.42 Å². The van der Waals surface area contributed by atoms with Crippen molar-refractivity contribution in [1.82, 2.24) is 15.6 Å². The van der Waals surface area contributed by atoms with Crippen LogP contribution in [0.25, 0.3) is 0 Å². The predicted octanol–water partition coefficient (Wildman–Crippen LogP) is -0.747. The van der Waals surface area contributed by atoms with E-state index in [1.807, 2.05) is 0 Å². The molecule has 4 N–H and O–H groups in total. The predicted molar refractivity (Wildman–Crippen MR) is 39.7 cm³/mol. The third kappa shape index (κ3) is 2.52. The van der Waals surface area contributed by atoms with Crippen molar-refractivity contribution in [2.45, 2.75) is 6.92 Å². The van der Waals surface area contributed by atoms with Gasteiger partial charge in [-0.15, -0.1) is 5.10 Å². The number of anilines is 1. The maximum absolute atomic E-state index is 5.04. The van der Waals surface area contributed by atoms with Crippen LogP contribution in [0.2, 0.25) is 0 Å². The summed E-state index contributed by atoms with van der Waals surface area (Å²) in [7, 11) is 0. The van der Waals surface area contributed by atoms with Crippen LogP contribution in [-0.4, -0.2) is 23.3 Å². The molecule has 6 nitrogen and oxygen atoms in total. The summed E-state index contributed by atoms with van der Waals surface area (Å²) < 4.78 is 5.03. The summed E-state index contributed by atoms with van der Waals surface area (Å²) in [4.78, 5) is 0. The number of hydrogen-bond donors (Lipinski definition) is 3. The van der Waals surface area contributed by atoms with Gasteiger partial charge < -0.3 is 9.73 Å². The molecule has 1 heterocycles. The largest absolute Gasteiger partial charge is 0.408 e. The van der Waals surface area contributed by atoms with E-state index in [0.717, 1.165) is 0 Å². The van der Waals surface area contributed by atoms with Gasteiger partial charge in [0.25, 0.3) is 0 Å². The van der Waals surface area contributed by atoms with Crippen molar-refractivity contribution < 1.29 is 4.42 Å². The van der Waals surface area contributed by atoms with Gasteiger partial charge in [-0.2, -0.15) is 0 Å². The Hall–Kier alpha value is -1.14. The highest BCUT2D eigenvalue weighted by atomic mass is 16.4. The molecule has 1 rings (SSSR count). The number of aryl methyl sites for hydroxylation is 1. The van der Waals surface area contributed by atoms with Crippen LogP contribution < -0.4 is 16.6 Å². The lowest BCUT2D eigenvalue weighted by molar-refractivity contribution is 0.530. The Morgan fingerprint density at radius 2 is 2.27 bits per heavy atom. The molecular formula is C5H11N5O. The Morgan fingerprint density at radius 3 is 2.82 bits per heavy atom. The molecule has 0 radical (unpaired) electrons. The lowest BCUT2D eigenvalue weighted by atomic mass is 10.6. The first-order valence-corrected chi connectivity index (χ1v) is 3.30. The van der Waals surface area contributed by atoms with E-state index in [1.165, 1.54) is 0 Å². The van der Waals surface area contributed by atoms with Crippen molar-refractivity contribution in [3.63, 3.8) is 0 Å². The van der Waals surface area contributed by atoms with Gasteiger partial charge in [0.1, 0.15) is 0 Å². The number of nitrogens with zero attached hydrogens (tertiary/aromatic N) is 2. The molecule has 0 fully saturated rings. The van der Waals surface area contributed by atoms with E-state index in [-0.39, 0.29) is 0 Å². The maximum atomic E-state index is 5.04. The van der Waals surface area contributed by atoms with E-state index in [4.69, 9.17) is 10.3 Å². The second-order valence-electron chi connectivity index (χ2n) is 2.01. The van der Waals surface area contributed by atoms with Crippen molar-refractivity contribution in [2.75, 3.05) is 18.4 Å². The third-order valence-corrected chi connectivity index (χ3v) is 1.07. The molecule has 0 spiro atoms. The molecule has 6 heteroatoms. The number of hydrazine groups is 1. The normalized spacial score (nSPS) is 10.0. The van der Waals surface area contributed by atoms with Gasteiger partial charge in [-0.05, 0) is 0 Å². The standard InChI is InChI=1S/C5H11N5O/c1-4-9-10-5(11-4)7-2-3-8-6/h8H,2-3,6H2,1H3,(H,7,10). The summed E-state index contributed by atoms with van der Waals surface area (Å²) in [6.07, 6.45) is 0. The zero-order valence-electron chi connectivity index (χ0n) is 6.29. The van der Waals surface area contributed by atoms with Crippen LogP contribution in [0.5, 0.6) is 0 Å². The van der Waals surface area contributed by atoms with E-state index in [0.29, 0.717) is 25.0 Å². The molecule has 0 aromatic carbocycles. The van der Waals surface area contributed by atoms with Gasteiger partial charge in [-0.25, -0.2) is 0 Å². The highest BCUT2D eigenvalue weighted by molar-refractivity contribution is 5.16. The van der Waals surface area contributed by atoms with Gasteiger partial charge in [0.2, 0.25) is 5.89 Å².